The highest BCUT2D eigenvalue weighted by atomic mass is 16.4. The quantitative estimate of drug-likeness (QED) is 0.407. The normalized spacial score (nSPS) is 29.8. The second-order valence-corrected chi connectivity index (χ2v) is 6.28. The predicted molar refractivity (Wildman–Crippen MR) is 78.3 cm³/mol. The zero-order valence-corrected chi connectivity index (χ0v) is 12.6. The minimum absolute atomic E-state index is 0.00571. The monoisotopic (exact) mass is 295 g/mol. The van der Waals surface area contributed by atoms with Gasteiger partial charge in [-0.1, -0.05) is 25.5 Å². The van der Waals surface area contributed by atoms with E-state index in [2.05, 4.69) is 19.1 Å². The summed E-state index contributed by atoms with van der Waals surface area (Å²) in [5.74, 6) is 0.478. The van der Waals surface area contributed by atoms with Crippen molar-refractivity contribution in [2.24, 2.45) is 23.7 Å². The molecule has 0 spiro atoms. The van der Waals surface area contributed by atoms with Gasteiger partial charge in [0.1, 0.15) is 6.73 Å². The van der Waals surface area contributed by atoms with Gasteiger partial charge in [-0.15, -0.1) is 0 Å². The molecule has 1 saturated carbocycles. The van der Waals surface area contributed by atoms with Crippen molar-refractivity contribution in [3.8, 4) is 0 Å². The lowest BCUT2D eigenvalue weighted by Gasteiger charge is -2.30. The van der Waals surface area contributed by atoms with E-state index in [-0.39, 0.29) is 25.0 Å². The number of carbonyl (C=O) groups is 2. The fourth-order valence-corrected chi connectivity index (χ4v) is 3.69. The molecule has 0 aromatic rings. The number of rotatable bonds is 8. The van der Waals surface area contributed by atoms with Gasteiger partial charge in [0.15, 0.2) is 0 Å². The number of aliphatic hydroxyl groups excluding tert-OH is 1. The average Bonchev–Trinajstić information content (AvgIpc) is 3.02. The molecule has 2 aliphatic rings. The van der Waals surface area contributed by atoms with Crippen molar-refractivity contribution >= 4 is 11.9 Å². The van der Waals surface area contributed by atoms with Gasteiger partial charge in [-0.2, -0.15) is 0 Å². The number of hydrogen-bond donors (Lipinski definition) is 2. The first-order valence-electron chi connectivity index (χ1n) is 7.84. The Morgan fingerprint density at radius 3 is 2.48 bits per heavy atom. The lowest BCUT2D eigenvalue weighted by molar-refractivity contribution is -0.142. The van der Waals surface area contributed by atoms with Crippen molar-refractivity contribution in [3.05, 3.63) is 12.2 Å². The molecule has 2 N–H and O–H groups in total. The molecule has 0 aromatic heterocycles. The van der Waals surface area contributed by atoms with Crippen LogP contribution in [0.1, 0.15) is 39.0 Å². The Morgan fingerprint density at radius 2 is 1.90 bits per heavy atom. The van der Waals surface area contributed by atoms with Crippen LogP contribution in [0, 0.1) is 23.7 Å². The van der Waals surface area contributed by atoms with E-state index in [9.17, 15) is 14.7 Å². The number of allylic oxidation sites excluding steroid dienone is 2. The fraction of sp³-hybridized carbons (Fsp3) is 0.750. The van der Waals surface area contributed by atoms with Crippen molar-refractivity contribution < 1.29 is 19.8 Å². The molecule has 118 valence electrons. The van der Waals surface area contributed by atoms with Crippen molar-refractivity contribution in [2.75, 3.05) is 13.3 Å². The van der Waals surface area contributed by atoms with Gasteiger partial charge in [0.05, 0.1) is 0 Å². The lowest BCUT2D eigenvalue weighted by atomic mass is 9.83. The Bertz CT molecular complexity index is 421. The molecule has 2 bridgehead atoms. The summed E-state index contributed by atoms with van der Waals surface area (Å²) in [6, 6.07) is 0. The molecule has 2 rings (SSSR count). The Morgan fingerprint density at radius 1 is 1.19 bits per heavy atom. The Labute approximate surface area is 125 Å². The smallest absolute Gasteiger partial charge is 0.303 e. The summed E-state index contributed by atoms with van der Waals surface area (Å²) in [7, 11) is 0. The van der Waals surface area contributed by atoms with E-state index in [1.165, 1.54) is 4.90 Å². The summed E-state index contributed by atoms with van der Waals surface area (Å²) in [6.45, 7) is 2.39. The van der Waals surface area contributed by atoms with Gasteiger partial charge in [-0.3, -0.25) is 9.59 Å². The first-order valence-corrected chi connectivity index (χ1v) is 7.84. The summed E-state index contributed by atoms with van der Waals surface area (Å²) in [5.41, 5.74) is 0. The van der Waals surface area contributed by atoms with Crippen LogP contribution < -0.4 is 0 Å². The number of aliphatic carboxylic acids is 1. The Kier molecular flexibility index (Phi) is 5.39. The van der Waals surface area contributed by atoms with Gasteiger partial charge in [0.25, 0.3) is 0 Å². The van der Waals surface area contributed by atoms with E-state index < -0.39 is 5.97 Å². The van der Waals surface area contributed by atoms with E-state index >= 15 is 0 Å². The molecule has 0 aliphatic heterocycles. The van der Waals surface area contributed by atoms with Gasteiger partial charge in [0, 0.05) is 18.9 Å². The zero-order valence-electron chi connectivity index (χ0n) is 12.6. The van der Waals surface area contributed by atoms with Crippen LogP contribution >= 0.6 is 0 Å². The molecular formula is C16H25NO4. The summed E-state index contributed by atoms with van der Waals surface area (Å²) in [4.78, 5) is 24.5. The van der Waals surface area contributed by atoms with Crippen LogP contribution in [-0.4, -0.2) is 40.3 Å². The van der Waals surface area contributed by atoms with E-state index in [1.807, 2.05) is 0 Å². The molecule has 4 unspecified atom stereocenters. The van der Waals surface area contributed by atoms with Gasteiger partial charge in [-0.25, -0.2) is 0 Å². The first-order chi connectivity index (χ1) is 10.0. The van der Waals surface area contributed by atoms with Gasteiger partial charge in [0.2, 0.25) is 5.91 Å². The second kappa shape index (κ2) is 7.07. The zero-order chi connectivity index (χ0) is 15.4. The fourth-order valence-electron chi connectivity index (χ4n) is 3.69. The van der Waals surface area contributed by atoms with Gasteiger partial charge in [-0.05, 0) is 37.0 Å². The standard InChI is InChI=1S/C16H25NO4/c1-11-12-6-7-13(9-12)15(11)16(21)17(10-18)8-4-2-3-5-14(19)20/h6-7,11-13,15,18H,2-5,8-10H2,1H3,(H,19,20). The molecule has 1 fully saturated rings. The molecule has 4 atom stereocenters. The summed E-state index contributed by atoms with van der Waals surface area (Å²) < 4.78 is 0. The van der Waals surface area contributed by atoms with Crippen LogP contribution in [0.3, 0.4) is 0 Å². The number of amides is 1. The maximum absolute atomic E-state index is 12.6. The molecule has 0 heterocycles. The second-order valence-electron chi connectivity index (χ2n) is 6.28. The largest absolute Gasteiger partial charge is 0.481 e. The van der Waals surface area contributed by atoms with E-state index in [1.54, 1.807) is 0 Å². The number of nitrogens with zero attached hydrogens (tertiary/aromatic N) is 1. The molecule has 5 heteroatoms. The molecule has 21 heavy (non-hydrogen) atoms. The maximum Gasteiger partial charge on any atom is 0.303 e. The highest BCUT2D eigenvalue weighted by Crippen LogP contribution is 2.48. The molecule has 1 amide bonds. The topological polar surface area (TPSA) is 77.8 Å². The van der Waals surface area contributed by atoms with Crippen molar-refractivity contribution in [3.63, 3.8) is 0 Å². The van der Waals surface area contributed by atoms with E-state index in [4.69, 9.17) is 5.11 Å². The molecule has 0 radical (unpaired) electrons. The number of fused-ring (bicyclic) bond motifs is 2. The highest BCUT2D eigenvalue weighted by Gasteiger charge is 2.46. The van der Waals surface area contributed by atoms with Crippen molar-refractivity contribution in [1.29, 1.82) is 0 Å². The summed E-state index contributed by atoms with van der Waals surface area (Å²) in [5, 5.41) is 18.0. The highest BCUT2D eigenvalue weighted by molar-refractivity contribution is 5.80. The molecule has 5 nitrogen and oxygen atoms in total. The SMILES string of the molecule is CC1C2C=CC(C2)C1C(=O)N(CO)CCCCCC(=O)O. The van der Waals surface area contributed by atoms with Crippen molar-refractivity contribution in [2.45, 2.75) is 39.0 Å². The number of aliphatic hydroxyl groups is 1. The third-order valence-corrected chi connectivity index (χ3v) is 4.94. The third-order valence-electron chi connectivity index (χ3n) is 4.94. The average molecular weight is 295 g/mol. The minimum atomic E-state index is -0.785. The minimum Gasteiger partial charge on any atom is -0.481 e. The molecular weight excluding hydrogens is 270 g/mol. The predicted octanol–water partition coefficient (Wildman–Crippen LogP) is 1.87. The van der Waals surface area contributed by atoms with Crippen LogP contribution in [0.5, 0.6) is 0 Å². The number of hydrogen-bond acceptors (Lipinski definition) is 3. The number of carboxylic acids is 1. The number of unbranched alkanes of at least 4 members (excludes halogenated alkanes) is 2. The molecule has 0 aromatic carbocycles. The van der Waals surface area contributed by atoms with Crippen LogP contribution in [0.4, 0.5) is 0 Å². The van der Waals surface area contributed by atoms with Crippen molar-refractivity contribution in [1.82, 2.24) is 4.90 Å². The first kappa shape index (κ1) is 16.0. The van der Waals surface area contributed by atoms with E-state index in [0.717, 1.165) is 19.3 Å². The Hall–Kier alpha value is -1.36. The lowest BCUT2D eigenvalue weighted by Crippen LogP contribution is -2.41. The molecule has 2 aliphatic carbocycles. The number of carbonyl (C=O) groups excluding carboxylic acids is 1. The van der Waals surface area contributed by atoms with Crippen LogP contribution in [-0.2, 0) is 9.59 Å². The summed E-state index contributed by atoms with van der Waals surface area (Å²) in [6.07, 6.45) is 7.73. The van der Waals surface area contributed by atoms with Crippen LogP contribution in [0.15, 0.2) is 12.2 Å². The summed E-state index contributed by atoms with van der Waals surface area (Å²) >= 11 is 0. The Balaban J connectivity index is 1.79. The van der Waals surface area contributed by atoms with Gasteiger partial charge < -0.3 is 15.1 Å². The third kappa shape index (κ3) is 3.64. The number of carboxylic acid groups (broad SMARTS) is 1. The van der Waals surface area contributed by atoms with Gasteiger partial charge >= 0.3 is 5.97 Å². The van der Waals surface area contributed by atoms with Crippen LogP contribution in [0.25, 0.3) is 0 Å². The van der Waals surface area contributed by atoms with Crippen LogP contribution in [0.2, 0.25) is 0 Å². The van der Waals surface area contributed by atoms with E-state index in [0.29, 0.717) is 30.7 Å². The maximum atomic E-state index is 12.6. The molecule has 0 saturated heterocycles.